The Balaban J connectivity index is 1.73. The van der Waals surface area contributed by atoms with Crippen LogP contribution in [0.2, 0.25) is 0 Å². The largest absolute Gasteiger partial charge is 0.508 e. The van der Waals surface area contributed by atoms with Gasteiger partial charge in [0.15, 0.2) is 5.96 Å². The lowest BCUT2D eigenvalue weighted by molar-refractivity contribution is -0.145. The van der Waals surface area contributed by atoms with Gasteiger partial charge < -0.3 is 42.9 Å². The van der Waals surface area contributed by atoms with Gasteiger partial charge in [0.2, 0.25) is 17.7 Å². The van der Waals surface area contributed by atoms with Gasteiger partial charge >= 0.3 is 5.97 Å². The molecule has 0 aliphatic carbocycles. The Morgan fingerprint density at radius 2 is 1.62 bits per heavy atom. The van der Waals surface area contributed by atoms with Gasteiger partial charge in [0.25, 0.3) is 0 Å². The van der Waals surface area contributed by atoms with Crippen LogP contribution < -0.4 is 27.8 Å². The Kier molecular flexibility index (Phi) is 11.7. The second-order valence-electron chi connectivity index (χ2n) is 10.3. The van der Waals surface area contributed by atoms with Gasteiger partial charge in [0.05, 0.1) is 6.04 Å². The summed E-state index contributed by atoms with van der Waals surface area (Å²) in [7, 11) is 0. The lowest BCUT2D eigenvalue weighted by atomic mass is 10.0. The van der Waals surface area contributed by atoms with E-state index in [1.54, 1.807) is 12.1 Å². The highest BCUT2D eigenvalue weighted by molar-refractivity contribution is 5.94. The molecule has 0 bridgehead atoms. The Hall–Kier alpha value is -4.65. The summed E-state index contributed by atoms with van der Waals surface area (Å²) in [5.74, 6) is -2.87. The number of carboxylic acid groups (broad SMARTS) is 1. The van der Waals surface area contributed by atoms with Gasteiger partial charge in [-0.05, 0) is 55.4 Å². The normalized spacial score (nSPS) is 16.6. The molecule has 226 valence electrons. The molecule has 1 aliphatic heterocycles. The number of aliphatic carboxylic acids is 1. The van der Waals surface area contributed by atoms with Crippen LogP contribution in [0.5, 0.6) is 5.75 Å². The van der Waals surface area contributed by atoms with Crippen molar-refractivity contribution in [1.82, 2.24) is 15.5 Å². The summed E-state index contributed by atoms with van der Waals surface area (Å²) < 4.78 is 0. The number of benzene rings is 2. The van der Waals surface area contributed by atoms with E-state index in [4.69, 9.17) is 17.2 Å². The Morgan fingerprint density at radius 3 is 2.26 bits per heavy atom. The molecule has 4 unspecified atom stereocenters. The van der Waals surface area contributed by atoms with Gasteiger partial charge in [-0.2, -0.15) is 0 Å². The summed E-state index contributed by atoms with van der Waals surface area (Å²) in [5, 5.41) is 24.6. The zero-order valence-corrected chi connectivity index (χ0v) is 23.3. The van der Waals surface area contributed by atoms with E-state index in [0.29, 0.717) is 24.8 Å². The smallest absolute Gasteiger partial charge is 0.326 e. The van der Waals surface area contributed by atoms with Crippen molar-refractivity contribution in [2.24, 2.45) is 22.2 Å². The number of guanidine groups is 1. The molecule has 0 saturated carbocycles. The molecule has 42 heavy (non-hydrogen) atoms. The first-order chi connectivity index (χ1) is 20.0. The van der Waals surface area contributed by atoms with E-state index in [9.17, 15) is 29.4 Å². The highest BCUT2D eigenvalue weighted by Crippen LogP contribution is 2.21. The fraction of sp³-hybridized carbons (Fsp3) is 0.414. The average Bonchev–Trinajstić information content (AvgIpc) is 3.45. The van der Waals surface area contributed by atoms with Gasteiger partial charge in [-0.1, -0.05) is 42.5 Å². The summed E-state index contributed by atoms with van der Waals surface area (Å²) in [5.41, 5.74) is 18.3. The third kappa shape index (κ3) is 9.47. The SMILES string of the molecule is NC(N)=NCCCC(NC(=O)C1CCCN1C(=O)C(Cc1ccc(O)cc1)NC(=O)C(N)Cc1ccccc1)C(=O)O. The lowest BCUT2D eigenvalue weighted by Crippen LogP contribution is -2.57. The van der Waals surface area contributed by atoms with Gasteiger partial charge in [0.1, 0.15) is 23.9 Å². The number of likely N-dealkylation sites (tertiary alicyclic amines) is 1. The van der Waals surface area contributed by atoms with Crippen LogP contribution in [0.3, 0.4) is 0 Å². The van der Waals surface area contributed by atoms with Crippen molar-refractivity contribution in [2.45, 2.75) is 62.7 Å². The molecule has 3 amide bonds. The minimum Gasteiger partial charge on any atom is -0.508 e. The summed E-state index contributed by atoms with van der Waals surface area (Å²) >= 11 is 0. The number of hydrogen-bond acceptors (Lipinski definition) is 7. The molecule has 0 aromatic heterocycles. The van der Waals surface area contributed by atoms with Crippen LogP contribution in [0.25, 0.3) is 0 Å². The molecule has 0 radical (unpaired) electrons. The molecule has 1 heterocycles. The number of rotatable bonds is 14. The van der Waals surface area contributed by atoms with Crippen molar-refractivity contribution < 1.29 is 29.4 Å². The number of carbonyl (C=O) groups is 4. The number of nitrogens with two attached hydrogens (primary N) is 3. The Bertz CT molecular complexity index is 1250. The number of aliphatic imine (C=N–C) groups is 1. The molecule has 2 aromatic rings. The number of carboxylic acids is 1. The quantitative estimate of drug-likeness (QED) is 0.0874. The third-order valence-corrected chi connectivity index (χ3v) is 7.02. The molecular formula is C29H39N7O6. The van der Waals surface area contributed by atoms with Crippen molar-refractivity contribution in [2.75, 3.05) is 13.1 Å². The van der Waals surface area contributed by atoms with E-state index in [0.717, 1.165) is 5.56 Å². The van der Waals surface area contributed by atoms with Crippen molar-refractivity contribution >= 4 is 29.7 Å². The molecule has 0 spiro atoms. The predicted octanol–water partition coefficient (Wildman–Crippen LogP) is -0.396. The lowest BCUT2D eigenvalue weighted by Gasteiger charge is -2.30. The zero-order valence-electron chi connectivity index (χ0n) is 23.3. The van der Waals surface area contributed by atoms with Gasteiger partial charge in [-0.25, -0.2) is 4.79 Å². The predicted molar refractivity (Wildman–Crippen MR) is 156 cm³/mol. The maximum Gasteiger partial charge on any atom is 0.326 e. The van der Waals surface area contributed by atoms with Crippen molar-refractivity contribution in [3.8, 4) is 5.75 Å². The van der Waals surface area contributed by atoms with Gasteiger partial charge in [0, 0.05) is 19.5 Å². The van der Waals surface area contributed by atoms with E-state index in [2.05, 4.69) is 15.6 Å². The fourth-order valence-corrected chi connectivity index (χ4v) is 4.84. The molecular weight excluding hydrogens is 542 g/mol. The van der Waals surface area contributed by atoms with Crippen LogP contribution in [0.15, 0.2) is 59.6 Å². The maximum absolute atomic E-state index is 13.8. The van der Waals surface area contributed by atoms with Crippen LogP contribution in [-0.4, -0.2) is 82.0 Å². The van der Waals surface area contributed by atoms with Crippen molar-refractivity contribution in [3.63, 3.8) is 0 Å². The molecule has 3 rings (SSSR count). The number of aromatic hydroxyl groups is 1. The summed E-state index contributed by atoms with van der Waals surface area (Å²) in [6, 6.07) is 11.4. The van der Waals surface area contributed by atoms with E-state index in [-0.39, 0.29) is 44.1 Å². The summed E-state index contributed by atoms with van der Waals surface area (Å²) in [6.07, 6.45) is 1.64. The number of phenols is 1. The van der Waals surface area contributed by atoms with Crippen LogP contribution >= 0.6 is 0 Å². The minimum absolute atomic E-state index is 0.0538. The molecule has 2 aromatic carbocycles. The first-order valence-corrected chi connectivity index (χ1v) is 13.8. The van der Waals surface area contributed by atoms with Crippen LogP contribution in [0.4, 0.5) is 0 Å². The van der Waals surface area contributed by atoms with E-state index >= 15 is 0 Å². The Labute approximate surface area is 244 Å². The number of nitrogens with one attached hydrogen (secondary N) is 2. The second kappa shape index (κ2) is 15.4. The maximum atomic E-state index is 13.8. The van der Waals surface area contributed by atoms with E-state index < -0.39 is 47.9 Å². The van der Waals surface area contributed by atoms with E-state index in [1.165, 1.54) is 17.0 Å². The molecule has 13 nitrogen and oxygen atoms in total. The third-order valence-electron chi connectivity index (χ3n) is 7.02. The molecule has 1 aliphatic rings. The minimum atomic E-state index is -1.21. The van der Waals surface area contributed by atoms with Crippen LogP contribution in [0.1, 0.15) is 36.8 Å². The standard InChI is InChI=1S/C29H39N7O6/c30-21(16-18-6-2-1-3-7-18)25(38)35-23(17-19-10-12-20(37)13-11-19)27(40)36-15-5-9-24(36)26(39)34-22(28(41)42)8-4-14-33-29(31)32/h1-3,6-7,10-13,21-24,37H,4-5,8-9,14-17,30H2,(H,34,39)(H,35,38)(H,41,42)(H4,31,32,33). The second-order valence-corrected chi connectivity index (χ2v) is 10.3. The summed E-state index contributed by atoms with van der Waals surface area (Å²) in [4.78, 5) is 57.1. The zero-order chi connectivity index (χ0) is 30.6. The number of phenolic OH excluding ortho intramolecular Hbond substituents is 1. The first-order valence-electron chi connectivity index (χ1n) is 13.8. The highest BCUT2D eigenvalue weighted by Gasteiger charge is 2.39. The monoisotopic (exact) mass is 581 g/mol. The number of nitrogens with zero attached hydrogens (tertiary/aromatic N) is 2. The van der Waals surface area contributed by atoms with Crippen molar-refractivity contribution in [3.05, 3.63) is 65.7 Å². The average molecular weight is 582 g/mol. The van der Waals surface area contributed by atoms with Crippen LogP contribution in [-0.2, 0) is 32.0 Å². The number of carbonyl (C=O) groups excluding carboxylic acids is 3. The molecule has 10 N–H and O–H groups in total. The van der Waals surface area contributed by atoms with Gasteiger partial charge in [-0.3, -0.25) is 19.4 Å². The molecule has 4 atom stereocenters. The Morgan fingerprint density at radius 1 is 0.952 bits per heavy atom. The van der Waals surface area contributed by atoms with E-state index in [1.807, 2.05) is 30.3 Å². The molecule has 13 heteroatoms. The topological polar surface area (TPSA) is 226 Å². The number of amides is 3. The van der Waals surface area contributed by atoms with Gasteiger partial charge in [-0.15, -0.1) is 0 Å². The van der Waals surface area contributed by atoms with Crippen molar-refractivity contribution in [1.29, 1.82) is 0 Å². The first kappa shape index (κ1) is 31.9. The fourth-order valence-electron chi connectivity index (χ4n) is 4.84. The highest BCUT2D eigenvalue weighted by atomic mass is 16.4. The summed E-state index contributed by atoms with van der Waals surface area (Å²) in [6.45, 7) is 0.470. The number of hydrogen-bond donors (Lipinski definition) is 7. The van der Waals surface area contributed by atoms with Crippen LogP contribution in [0, 0.1) is 0 Å². The molecule has 1 saturated heterocycles. The molecule has 1 fully saturated rings.